The van der Waals surface area contributed by atoms with Gasteiger partial charge in [-0.15, -0.1) is 0 Å². The molecule has 2 amide bonds. The van der Waals surface area contributed by atoms with E-state index in [0.29, 0.717) is 29.4 Å². The van der Waals surface area contributed by atoms with Crippen LogP contribution in [-0.4, -0.2) is 46.2 Å². The van der Waals surface area contributed by atoms with Crippen molar-refractivity contribution in [3.63, 3.8) is 0 Å². The number of hydrazone groups is 1. The van der Waals surface area contributed by atoms with Crippen LogP contribution >= 0.6 is 0 Å². The quantitative estimate of drug-likeness (QED) is 0.157. The Morgan fingerprint density at radius 3 is 2.05 bits per heavy atom. The van der Waals surface area contributed by atoms with Crippen LogP contribution in [0.3, 0.4) is 0 Å². The third kappa shape index (κ3) is 8.92. The van der Waals surface area contributed by atoms with Crippen molar-refractivity contribution in [2.75, 3.05) is 24.1 Å². The van der Waals surface area contributed by atoms with Crippen LogP contribution in [0.4, 0.5) is 5.69 Å². The first-order valence-electron chi connectivity index (χ1n) is 14.0. The monoisotopic (exact) mass is 614 g/mol. The van der Waals surface area contributed by atoms with Gasteiger partial charge in [-0.05, 0) is 85.6 Å². The molecule has 2 N–H and O–H groups in total. The standard InChI is InChI=1S/C33H34N4O6S/c1-3-42-29-18-20-31(21-19-29)44(40,41)37(28-12-8-5-9-13-28)23-32(38)36-34-22-26-14-16-30(17-15-26)43-24-33(39)35-25(2)27-10-6-4-7-11-27/h4-22,25H,3,23-24H2,1-2H3,(H,35,39)(H,36,38)/b34-22-/t25-/m0/s1. The summed E-state index contributed by atoms with van der Waals surface area (Å²) in [5, 5.41) is 6.87. The first-order chi connectivity index (χ1) is 21.3. The Kier molecular flexibility index (Phi) is 11.1. The molecule has 0 aliphatic heterocycles. The maximum absolute atomic E-state index is 13.5. The SMILES string of the molecule is CCOc1ccc(S(=O)(=O)N(CC(=O)N/N=C\c2ccc(OCC(=O)N[C@@H](C)c3ccccc3)cc2)c2ccccc2)cc1. The number of anilines is 1. The Morgan fingerprint density at radius 2 is 1.41 bits per heavy atom. The van der Waals surface area contributed by atoms with E-state index < -0.39 is 22.5 Å². The van der Waals surface area contributed by atoms with Crippen LogP contribution in [0.15, 0.2) is 119 Å². The average molecular weight is 615 g/mol. The lowest BCUT2D eigenvalue weighted by molar-refractivity contribution is -0.123. The number of para-hydroxylation sites is 1. The molecule has 10 nitrogen and oxygen atoms in total. The molecule has 44 heavy (non-hydrogen) atoms. The van der Waals surface area contributed by atoms with Gasteiger partial charge in [-0.1, -0.05) is 48.5 Å². The van der Waals surface area contributed by atoms with Gasteiger partial charge in [0, 0.05) is 0 Å². The van der Waals surface area contributed by atoms with E-state index in [9.17, 15) is 18.0 Å². The maximum Gasteiger partial charge on any atom is 0.264 e. The van der Waals surface area contributed by atoms with Crippen molar-refractivity contribution in [3.05, 3.63) is 120 Å². The number of carbonyl (C=O) groups is 2. The first kappa shape index (κ1) is 31.8. The minimum atomic E-state index is -4.07. The highest BCUT2D eigenvalue weighted by Gasteiger charge is 2.27. The number of carbonyl (C=O) groups excluding carboxylic acids is 2. The van der Waals surface area contributed by atoms with Crippen LogP contribution in [0.1, 0.15) is 31.0 Å². The normalized spacial score (nSPS) is 11.9. The van der Waals surface area contributed by atoms with Crippen molar-refractivity contribution in [3.8, 4) is 11.5 Å². The lowest BCUT2D eigenvalue weighted by Gasteiger charge is -2.23. The van der Waals surface area contributed by atoms with Crippen molar-refractivity contribution >= 4 is 33.7 Å². The van der Waals surface area contributed by atoms with Gasteiger partial charge in [-0.2, -0.15) is 5.10 Å². The fourth-order valence-corrected chi connectivity index (χ4v) is 5.58. The minimum absolute atomic E-state index is 0.0200. The second-order valence-corrected chi connectivity index (χ2v) is 11.5. The number of benzene rings is 4. The van der Waals surface area contributed by atoms with Crippen LogP contribution < -0.4 is 24.5 Å². The largest absolute Gasteiger partial charge is 0.494 e. The molecule has 0 radical (unpaired) electrons. The van der Waals surface area contributed by atoms with Gasteiger partial charge >= 0.3 is 0 Å². The molecule has 0 aliphatic rings. The fraction of sp³-hybridized carbons (Fsp3) is 0.182. The van der Waals surface area contributed by atoms with Crippen molar-refractivity contribution in [1.82, 2.24) is 10.7 Å². The third-order valence-electron chi connectivity index (χ3n) is 6.38. The molecule has 0 spiro atoms. The van der Waals surface area contributed by atoms with Crippen molar-refractivity contribution < 1.29 is 27.5 Å². The summed E-state index contributed by atoms with van der Waals surface area (Å²) in [5.74, 6) is 0.161. The molecule has 4 aromatic rings. The molecule has 0 bridgehead atoms. The van der Waals surface area contributed by atoms with Gasteiger partial charge in [-0.25, -0.2) is 13.8 Å². The summed E-state index contributed by atoms with van der Waals surface area (Å²) >= 11 is 0. The number of rotatable bonds is 14. The number of nitrogens with zero attached hydrogens (tertiary/aromatic N) is 2. The first-order valence-corrected chi connectivity index (χ1v) is 15.4. The van der Waals surface area contributed by atoms with Crippen LogP contribution in [-0.2, 0) is 19.6 Å². The summed E-state index contributed by atoms with van der Waals surface area (Å²) in [6.07, 6.45) is 1.42. The molecular formula is C33H34N4O6S. The molecule has 1 atom stereocenters. The summed E-state index contributed by atoms with van der Waals surface area (Å²) in [4.78, 5) is 25.1. The maximum atomic E-state index is 13.5. The smallest absolute Gasteiger partial charge is 0.264 e. The van der Waals surface area contributed by atoms with Crippen molar-refractivity contribution in [2.24, 2.45) is 5.10 Å². The number of hydrogen-bond donors (Lipinski definition) is 2. The number of sulfonamides is 1. The van der Waals surface area contributed by atoms with Crippen LogP contribution in [0.5, 0.6) is 11.5 Å². The second kappa shape index (κ2) is 15.4. The molecule has 0 aliphatic carbocycles. The number of ether oxygens (including phenoxy) is 2. The van der Waals surface area contributed by atoms with Gasteiger partial charge in [-0.3, -0.25) is 13.9 Å². The molecule has 4 rings (SSSR count). The Balaban J connectivity index is 1.32. The zero-order chi connectivity index (χ0) is 31.4. The summed E-state index contributed by atoms with van der Waals surface area (Å²) in [6, 6.07) is 30.7. The topological polar surface area (TPSA) is 126 Å². The highest BCUT2D eigenvalue weighted by atomic mass is 32.2. The van der Waals surface area contributed by atoms with Crippen LogP contribution in [0, 0.1) is 0 Å². The Morgan fingerprint density at radius 1 is 0.818 bits per heavy atom. The molecule has 0 unspecified atom stereocenters. The molecule has 0 fully saturated rings. The van der Waals surface area contributed by atoms with Crippen molar-refractivity contribution in [1.29, 1.82) is 0 Å². The lowest BCUT2D eigenvalue weighted by Crippen LogP contribution is -2.39. The van der Waals surface area contributed by atoms with Gasteiger partial charge in [0.2, 0.25) is 0 Å². The van der Waals surface area contributed by atoms with E-state index in [4.69, 9.17) is 9.47 Å². The van der Waals surface area contributed by atoms with E-state index >= 15 is 0 Å². The van der Waals surface area contributed by atoms with Gasteiger partial charge in [0.05, 0.1) is 29.4 Å². The van der Waals surface area contributed by atoms with Crippen LogP contribution in [0.25, 0.3) is 0 Å². The molecular weight excluding hydrogens is 580 g/mol. The fourth-order valence-electron chi connectivity index (χ4n) is 4.16. The van der Waals surface area contributed by atoms with E-state index in [1.165, 1.54) is 18.3 Å². The average Bonchev–Trinajstić information content (AvgIpc) is 3.04. The highest BCUT2D eigenvalue weighted by molar-refractivity contribution is 7.92. The van der Waals surface area contributed by atoms with E-state index in [2.05, 4.69) is 15.8 Å². The zero-order valence-corrected chi connectivity index (χ0v) is 25.2. The van der Waals surface area contributed by atoms with E-state index in [0.717, 1.165) is 9.87 Å². The molecule has 228 valence electrons. The van der Waals surface area contributed by atoms with Gasteiger partial charge in [0.15, 0.2) is 6.61 Å². The third-order valence-corrected chi connectivity index (χ3v) is 8.17. The number of amides is 2. The number of hydrogen-bond acceptors (Lipinski definition) is 7. The Bertz CT molecular complexity index is 1650. The van der Waals surface area contributed by atoms with Crippen molar-refractivity contribution in [2.45, 2.75) is 24.8 Å². The van der Waals surface area contributed by atoms with Crippen LogP contribution in [0.2, 0.25) is 0 Å². The molecule has 0 saturated carbocycles. The molecule has 0 aromatic heterocycles. The van der Waals surface area contributed by atoms with Gasteiger partial charge in [0.1, 0.15) is 18.0 Å². The molecule has 4 aromatic carbocycles. The van der Waals surface area contributed by atoms with E-state index in [1.807, 2.05) is 44.2 Å². The summed E-state index contributed by atoms with van der Waals surface area (Å²) in [7, 11) is -4.07. The molecule has 0 heterocycles. The molecule has 0 saturated heterocycles. The van der Waals surface area contributed by atoms with E-state index in [-0.39, 0.29) is 23.5 Å². The predicted octanol–water partition coefficient (Wildman–Crippen LogP) is 4.69. The highest BCUT2D eigenvalue weighted by Crippen LogP contribution is 2.25. The van der Waals surface area contributed by atoms with E-state index in [1.54, 1.807) is 66.7 Å². The second-order valence-electron chi connectivity index (χ2n) is 9.60. The molecule has 11 heteroatoms. The summed E-state index contributed by atoms with van der Waals surface area (Å²) in [5.41, 5.74) is 4.37. The Hall–Kier alpha value is -5.16. The van der Waals surface area contributed by atoms with Gasteiger partial charge < -0.3 is 14.8 Å². The predicted molar refractivity (Wildman–Crippen MR) is 169 cm³/mol. The zero-order valence-electron chi connectivity index (χ0n) is 24.4. The Labute approximate surface area is 257 Å². The lowest BCUT2D eigenvalue weighted by atomic mass is 10.1. The summed E-state index contributed by atoms with van der Waals surface area (Å²) in [6.45, 7) is 3.56. The van der Waals surface area contributed by atoms with Gasteiger partial charge in [0.25, 0.3) is 21.8 Å². The summed E-state index contributed by atoms with van der Waals surface area (Å²) < 4.78 is 39.0. The number of nitrogens with one attached hydrogen (secondary N) is 2. The minimum Gasteiger partial charge on any atom is -0.494 e.